The highest BCUT2D eigenvalue weighted by molar-refractivity contribution is 6.05. The molecule has 3 N–H and O–H groups in total. The van der Waals surface area contributed by atoms with Gasteiger partial charge >= 0.3 is 0 Å². The molecule has 26 heavy (non-hydrogen) atoms. The van der Waals surface area contributed by atoms with Crippen LogP contribution in [0.5, 0.6) is 0 Å². The molecule has 7 heteroatoms. The molecule has 4 rings (SSSR count). The third-order valence-electron chi connectivity index (χ3n) is 5.51. The molecule has 0 bridgehead atoms. The minimum atomic E-state index is -0.552. The summed E-state index contributed by atoms with van der Waals surface area (Å²) in [6, 6.07) is 5.34. The van der Waals surface area contributed by atoms with Gasteiger partial charge in [-0.25, -0.2) is 0 Å². The lowest BCUT2D eigenvalue weighted by Crippen LogP contribution is -2.52. The molecule has 1 aromatic rings. The van der Waals surface area contributed by atoms with E-state index < -0.39 is 6.04 Å². The first kappa shape index (κ1) is 17.2. The van der Waals surface area contributed by atoms with Gasteiger partial charge in [-0.15, -0.1) is 0 Å². The molecular formula is C19H24N4O3. The first-order valence-electron chi connectivity index (χ1n) is 9.29. The summed E-state index contributed by atoms with van der Waals surface area (Å²) in [5.74, 6) is -0.0595. The Labute approximate surface area is 152 Å². The van der Waals surface area contributed by atoms with Crippen LogP contribution in [-0.4, -0.2) is 48.3 Å². The molecule has 0 radical (unpaired) electrons. The molecule has 3 amide bonds. The van der Waals surface area contributed by atoms with E-state index in [9.17, 15) is 14.4 Å². The molecule has 1 unspecified atom stereocenters. The highest BCUT2D eigenvalue weighted by atomic mass is 16.2. The van der Waals surface area contributed by atoms with E-state index in [-0.39, 0.29) is 24.1 Å². The van der Waals surface area contributed by atoms with Crippen molar-refractivity contribution in [3.63, 3.8) is 0 Å². The average molecular weight is 356 g/mol. The fourth-order valence-electron chi connectivity index (χ4n) is 4.05. The van der Waals surface area contributed by atoms with Crippen molar-refractivity contribution in [1.29, 1.82) is 0 Å². The number of piperidine rings is 1. The van der Waals surface area contributed by atoms with Crippen LogP contribution in [0.25, 0.3) is 0 Å². The molecule has 3 aliphatic heterocycles. The highest BCUT2D eigenvalue weighted by Crippen LogP contribution is 2.28. The Morgan fingerprint density at radius 3 is 2.85 bits per heavy atom. The Bertz CT molecular complexity index is 742. The smallest absolute Gasteiger partial charge is 0.255 e. The van der Waals surface area contributed by atoms with Crippen molar-refractivity contribution in [3.05, 3.63) is 34.9 Å². The van der Waals surface area contributed by atoms with E-state index >= 15 is 0 Å². The number of nitrogens with one attached hydrogen (secondary N) is 3. The van der Waals surface area contributed by atoms with E-state index in [4.69, 9.17) is 0 Å². The van der Waals surface area contributed by atoms with Crippen molar-refractivity contribution in [3.8, 4) is 0 Å². The van der Waals surface area contributed by atoms with Gasteiger partial charge in [0.15, 0.2) is 0 Å². The molecule has 0 aromatic heterocycles. The lowest BCUT2D eigenvalue weighted by Gasteiger charge is -2.29. The summed E-state index contributed by atoms with van der Waals surface area (Å²) < 4.78 is 0. The third-order valence-corrected chi connectivity index (χ3v) is 5.51. The zero-order valence-electron chi connectivity index (χ0n) is 14.7. The lowest BCUT2D eigenvalue weighted by molar-refractivity contribution is -0.136. The number of amides is 3. The summed E-state index contributed by atoms with van der Waals surface area (Å²) in [5, 5.41) is 9.19. The van der Waals surface area contributed by atoms with Gasteiger partial charge in [-0.05, 0) is 55.6 Å². The van der Waals surface area contributed by atoms with Crippen molar-refractivity contribution < 1.29 is 14.4 Å². The Hall–Kier alpha value is -2.25. The van der Waals surface area contributed by atoms with E-state index in [0.717, 1.165) is 37.3 Å². The van der Waals surface area contributed by atoms with E-state index in [1.165, 1.54) is 6.42 Å². The van der Waals surface area contributed by atoms with Gasteiger partial charge in [0, 0.05) is 25.1 Å². The zero-order valence-corrected chi connectivity index (χ0v) is 14.7. The number of hydrogen-bond acceptors (Lipinski definition) is 5. The maximum absolute atomic E-state index is 12.7. The third kappa shape index (κ3) is 3.37. The van der Waals surface area contributed by atoms with Gasteiger partial charge in [0.2, 0.25) is 11.8 Å². The van der Waals surface area contributed by atoms with Crippen LogP contribution in [0.1, 0.15) is 40.7 Å². The van der Waals surface area contributed by atoms with Crippen molar-refractivity contribution in [1.82, 2.24) is 20.9 Å². The Kier molecular flexibility index (Phi) is 4.74. The molecule has 1 aromatic carbocycles. The SMILES string of the molecule is O=C1CCC(N2Cc3cc(CNC[C@@H]4CCNC4)ccc3C2=O)C(=O)N1. The summed E-state index contributed by atoms with van der Waals surface area (Å²) in [7, 11) is 0. The number of carbonyl (C=O) groups is 3. The van der Waals surface area contributed by atoms with Gasteiger partial charge in [0.1, 0.15) is 6.04 Å². The first-order chi connectivity index (χ1) is 12.6. The van der Waals surface area contributed by atoms with E-state index in [2.05, 4.69) is 22.0 Å². The van der Waals surface area contributed by atoms with Crippen LogP contribution in [0.4, 0.5) is 0 Å². The van der Waals surface area contributed by atoms with E-state index in [1.54, 1.807) is 4.90 Å². The molecule has 138 valence electrons. The number of benzene rings is 1. The summed E-state index contributed by atoms with van der Waals surface area (Å²) in [6.45, 7) is 4.37. The molecule has 0 spiro atoms. The second-order valence-electron chi connectivity index (χ2n) is 7.38. The van der Waals surface area contributed by atoms with Gasteiger partial charge in [0.05, 0.1) is 0 Å². The van der Waals surface area contributed by atoms with Crippen LogP contribution in [0.3, 0.4) is 0 Å². The molecule has 0 aliphatic carbocycles. The number of nitrogens with zero attached hydrogens (tertiary/aromatic N) is 1. The van der Waals surface area contributed by atoms with E-state index in [0.29, 0.717) is 24.4 Å². The predicted molar refractivity (Wildman–Crippen MR) is 95.2 cm³/mol. The summed E-state index contributed by atoms with van der Waals surface area (Å²) >= 11 is 0. The Morgan fingerprint density at radius 2 is 2.08 bits per heavy atom. The van der Waals surface area contributed by atoms with Gasteiger partial charge in [-0.2, -0.15) is 0 Å². The average Bonchev–Trinajstić information content (AvgIpc) is 3.23. The van der Waals surface area contributed by atoms with Gasteiger partial charge in [-0.3, -0.25) is 19.7 Å². The number of fused-ring (bicyclic) bond motifs is 1. The van der Waals surface area contributed by atoms with Crippen LogP contribution in [0.2, 0.25) is 0 Å². The molecule has 2 atom stereocenters. The summed E-state index contributed by atoms with van der Waals surface area (Å²) in [6.07, 6.45) is 1.89. The predicted octanol–water partition coefficient (Wildman–Crippen LogP) is 0.147. The lowest BCUT2D eigenvalue weighted by atomic mass is 10.0. The van der Waals surface area contributed by atoms with Gasteiger partial charge < -0.3 is 15.5 Å². The van der Waals surface area contributed by atoms with Crippen molar-refractivity contribution in [2.24, 2.45) is 5.92 Å². The Morgan fingerprint density at radius 1 is 1.19 bits per heavy atom. The zero-order chi connectivity index (χ0) is 18.1. The minimum Gasteiger partial charge on any atom is -0.322 e. The highest BCUT2D eigenvalue weighted by Gasteiger charge is 2.38. The summed E-state index contributed by atoms with van der Waals surface area (Å²) in [5.41, 5.74) is 2.77. The topological polar surface area (TPSA) is 90.5 Å². The number of hydrogen-bond donors (Lipinski definition) is 3. The monoisotopic (exact) mass is 356 g/mol. The fourth-order valence-corrected chi connectivity index (χ4v) is 4.05. The number of imide groups is 1. The van der Waals surface area contributed by atoms with Gasteiger partial charge in [0.25, 0.3) is 5.91 Å². The van der Waals surface area contributed by atoms with E-state index in [1.807, 2.05) is 12.1 Å². The second kappa shape index (κ2) is 7.17. The maximum Gasteiger partial charge on any atom is 0.255 e. The molecule has 0 saturated carbocycles. The van der Waals surface area contributed by atoms with Crippen LogP contribution in [0.15, 0.2) is 18.2 Å². The van der Waals surface area contributed by atoms with Crippen LogP contribution >= 0.6 is 0 Å². The van der Waals surface area contributed by atoms with Crippen molar-refractivity contribution >= 4 is 17.7 Å². The largest absolute Gasteiger partial charge is 0.322 e. The molecule has 2 fully saturated rings. The molecular weight excluding hydrogens is 332 g/mol. The van der Waals surface area contributed by atoms with Crippen LogP contribution in [-0.2, 0) is 22.7 Å². The fraction of sp³-hybridized carbons (Fsp3) is 0.526. The first-order valence-corrected chi connectivity index (χ1v) is 9.29. The molecule has 7 nitrogen and oxygen atoms in total. The second-order valence-corrected chi connectivity index (χ2v) is 7.38. The van der Waals surface area contributed by atoms with Crippen molar-refractivity contribution in [2.45, 2.75) is 38.4 Å². The molecule has 3 heterocycles. The van der Waals surface area contributed by atoms with Gasteiger partial charge in [-0.1, -0.05) is 12.1 Å². The van der Waals surface area contributed by atoms with Crippen LogP contribution < -0.4 is 16.0 Å². The molecule has 3 aliphatic rings. The van der Waals surface area contributed by atoms with Crippen LogP contribution in [0, 0.1) is 5.92 Å². The quantitative estimate of drug-likeness (QED) is 0.653. The summed E-state index contributed by atoms with van der Waals surface area (Å²) in [4.78, 5) is 37.7. The minimum absolute atomic E-state index is 0.119. The number of rotatable bonds is 5. The normalized spacial score (nSPS) is 25.5. The Balaban J connectivity index is 1.39. The standard InChI is InChI=1S/C19H24N4O3/c24-17-4-3-16(18(25)22-17)23-11-14-7-12(1-2-15(14)19(23)26)8-21-10-13-5-6-20-9-13/h1-2,7,13,16,20-21H,3-6,8-11H2,(H,22,24,25)/t13-,16?/m1/s1. The molecule has 2 saturated heterocycles. The number of carbonyl (C=O) groups excluding carboxylic acids is 3. The maximum atomic E-state index is 12.7. The van der Waals surface area contributed by atoms with Crippen molar-refractivity contribution in [2.75, 3.05) is 19.6 Å².